The zero-order chi connectivity index (χ0) is 10.4. The molecule has 0 radical (unpaired) electrons. The van der Waals surface area contributed by atoms with Gasteiger partial charge in [0.15, 0.2) is 0 Å². The van der Waals surface area contributed by atoms with Crippen molar-refractivity contribution in [1.82, 2.24) is 9.97 Å². The number of hydrogen-bond donors (Lipinski definition) is 0. The van der Waals surface area contributed by atoms with Crippen molar-refractivity contribution in [3.63, 3.8) is 0 Å². The normalized spacial score (nSPS) is 13.3. The largest absolute Gasteiger partial charge is 0.252 e. The van der Waals surface area contributed by atoms with E-state index in [0.717, 1.165) is 21.5 Å². The molecule has 0 N–H and O–H groups in total. The van der Waals surface area contributed by atoms with Crippen molar-refractivity contribution in [2.75, 3.05) is 5.75 Å². The molecule has 0 spiro atoms. The minimum atomic E-state index is 0.878. The topological polar surface area (TPSA) is 25.8 Å². The van der Waals surface area contributed by atoms with Gasteiger partial charge in [-0.1, -0.05) is 25.7 Å². The maximum absolute atomic E-state index is 4.47. The Bertz CT molecular complexity index is 423. The fraction of sp³-hybridized carbons (Fsp3) is 0.273. The first-order valence-electron chi connectivity index (χ1n) is 4.56. The summed E-state index contributed by atoms with van der Waals surface area (Å²) < 4.78 is 0. The van der Waals surface area contributed by atoms with Crippen molar-refractivity contribution in [1.29, 1.82) is 0 Å². The lowest BCUT2D eigenvalue weighted by Crippen LogP contribution is -2.31. The van der Waals surface area contributed by atoms with Crippen molar-refractivity contribution in [3.05, 3.63) is 29.6 Å². The lowest BCUT2D eigenvalue weighted by Gasteiger charge is -1.96. The fourth-order valence-corrected chi connectivity index (χ4v) is 1.65. The maximum atomic E-state index is 4.47. The molecule has 0 aliphatic heterocycles. The van der Waals surface area contributed by atoms with E-state index in [-0.39, 0.29) is 0 Å². The SMILES string of the molecule is C=C/C=c1/ncc(SCC)n/c1=C/C. The highest BCUT2D eigenvalue weighted by atomic mass is 32.2. The average Bonchev–Trinajstić information content (AvgIpc) is 2.21. The Morgan fingerprint density at radius 1 is 1.50 bits per heavy atom. The molecule has 1 heterocycles. The average molecular weight is 206 g/mol. The van der Waals surface area contributed by atoms with Crippen LogP contribution in [0.5, 0.6) is 0 Å². The van der Waals surface area contributed by atoms with Crippen LogP contribution >= 0.6 is 11.8 Å². The summed E-state index contributed by atoms with van der Waals surface area (Å²) in [4.78, 5) is 8.78. The Kier molecular flexibility index (Phi) is 4.40. The van der Waals surface area contributed by atoms with E-state index < -0.39 is 0 Å². The Morgan fingerprint density at radius 3 is 2.86 bits per heavy atom. The van der Waals surface area contributed by atoms with Crippen LogP contribution in [-0.2, 0) is 0 Å². The van der Waals surface area contributed by atoms with Gasteiger partial charge in [0, 0.05) is 0 Å². The summed E-state index contributed by atoms with van der Waals surface area (Å²) in [6.07, 6.45) is 7.35. The maximum Gasteiger partial charge on any atom is 0.115 e. The number of thioether (sulfide) groups is 1. The molecule has 1 aromatic heterocycles. The third-order valence-electron chi connectivity index (χ3n) is 1.65. The number of aromatic nitrogens is 2. The van der Waals surface area contributed by atoms with E-state index in [1.807, 2.05) is 19.1 Å². The highest BCUT2D eigenvalue weighted by Gasteiger charge is 1.93. The van der Waals surface area contributed by atoms with E-state index in [1.165, 1.54) is 0 Å². The first-order chi connectivity index (χ1) is 6.81. The van der Waals surface area contributed by atoms with Gasteiger partial charge in [-0.15, -0.1) is 11.8 Å². The molecule has 1 aromatic rings. The number of nitrogens with zero attached hydrogens (tertiary/aromatic N) is 2. The summed E-state index contributed by atoms with van der Waals surface area (Å²) in [5, 5.41) is 2.77. The van der Waals surface area contributed by atoms with Gasteiger partial charge in [-0.3, -0.25) is 4.98 Å². The molecule has 0 saturated carbocycles. The van der Waals surface area contributed by atoms with Crippen LogP contribution in [0, 0.1) is 0 Å². The molecule has 0 aliphatic carbocycles. The van der Waals surface area contributed by atoms with Crippen molar-refractivity contribution in [3.8, 4) is 0 Å². The summed E-state index contributed by atoms with van der Waals surface area (Å²) in [5.74, 6) is 1.02. The minimum absolute atomic E-state index is 0.878. The van der Waals surface area contributed by atoms with Crippen molar-refractivity contribution in [2.45, 2.75) is 18.9 Å². The second-order valence-corrected chi connectivity index (χ2v) is 3.89. The van der Waals surface area contributed by atoms with Gasteiger partial charge < -0.3 is 0 Å². The lowest BCUT2D eigenvalue weighted by atomic mass is 10.4. The molecule has 0 bridgehead atoms. The minimum Gasteiger partial charge on any atom is -0.252 e. The Hall–Kier alpha value is -1.09. The smallest absolute Gasteiger partial charge is 0.115 e. The summed E-state index contributed by atoms with van der Waals surface area (Å²) >= 11 is 1.70. The van der Waals surface area contributed by atoms with Crippen molar-refractivity contribution < 1.29 is 0 Å². The van der Waals surface area contributed by atoms with E-state index >= 15 is 0 Å². The van der Waals surface area contributed by atoms with Crippen LogP contribution < -0.4 is 10.7 Å². The summed E-state index contributed by atoms with van der Waals surface area (Å²) in [6.45, 7) is 7.71. The molecule has 3 heteroatoms. The number of allylic oxidation sites excluding steroid dienone is 1. The van der Waals surface area contributed by atoms with Crippen LogP contribution in [0.3, 0.4) is 0 Å². The third-order valence-corrected chi connectivity index (χ3v) is 2.43. The van der Waals surface area contributed by atoms with Crippen molar-refractivity contribution >= 4 is 23.9 Å². The highest BCUT2D eigenvalue weighted by molar-refractivity contribution is 7.99. The molecule has 0 atom stereocenters. The third kappa shape index (κ3) is 2.70. The standard InChI is InChI=1S/C11H14N2S/c1-4-7-10-9(5-2)13-11(8-12-10)14-6-3/h4-5,7-8H,1,6H2,2-3H3/b9-5+,10-7+. The van der Waals surface area contributed by atoms with E-state index in [0.29, 0.717) is 0 Å². The first kappa shape index (κ1) is 11.0. The summed E-state index contributed by atoms with van der Waals surface area (Å²) in [6, 6.07) is 0. The summed E-state index contributed by atoms with van der Waals surface area (Å²) in [7, 11) is 0. The fourth-order valence-electron chi connectivity index (χ4n) is 1.07. The molecule has 74 valence electrons. The van der Waals surface area contributed by atoms with E-state index in [9.17, 15) is 0 Å². The van der Waals surface area contributed by atoms with Gasteiger partial charge in [0.1, 0.15) is 5.03 Å². The van der Waals surface area contributed by atoms with Crippen LogP contribution in [0.1, 0.15) is 13.8 Å². The van der Waals surface area contributed by atoms with Gasteiger partial charge in [0.05, 0.1) is 16.9 Å². The lowest BCUT2D eigenvalue weighted by molar-refractivity contribution is 0.983. The van der Waals surface area contributed by atoms with Crippen molar-refractivity contribution in [2.24, 2.45) is 0 Å². The molecular formula is C11H14N2S. The molecule has 0 fully saturated rings. The van der Waals surface area contributed by atoms with E-state index in [2.05, 4.69) is 23.5 Å². The predicted molar refractivity (Wildman–Crippen MR) is 62.5 cm³/mol. The quantitative estimate of drug-likeness (QED) is 0.698. The molecule has 14 heavy (non-hydrogen) atoms. The van der Waals surface area contributed by atoms with E-state index in [1.54, 1.807) is 24.0 Å². The Labute approximate surface area is 88.5 Å². The van der Waals surface area contributed by atoms with Gasteiger partial charge in [0.25, 0.3) is 0 Å². The van der Waals surface area contributed by atoms with Gasteiger partial charge in [-0.05, 0) is 18.8 Å². The molecule has 0 saturated heterocycles. The van der Waals surface area contributed by atoms with Crippen LogP contribution in [-0.4, -0.2) is 15.7 Å². The van der Waals surface area contributed by atoms with E-state index in [4.69, 9.17) is 0 Å². The van der Waals surface area contributed by atoms with Crippen LogP contribution in [0.4, 0.5) is 0 Å². The van der Waals surface area contributed by atoms with Crippen LogP contribution in [0.25, 0.3) is 12.2 Å². The zero-order valence-electron chi connectivity index (χ0n) is 8.53. The molecule has 0 unspecified atom stereocenters. The monoisotopic (exact) mass is 206 g/mol. The van der Waals surface area contributed by atoms with Crippen LogP contribution in [0.15, 0.2) is 23.9 Å². The second kappa shape index (κ2) is 5.60. The van der Waals surface area contributed by atoms with Gasteiger partial charge in [-0.2, -0.15) is 0 Å². The van der Waals surface area contributed by atoms with Gasteiger partial charge in [-0.25, -0.2) is 4.98 Å². The highest BCUT2D eigenvalue weighted by Crippen LogP contribution is 2.09. The van der Waals surface area contributed by atoms with Gasteiger partial charge in [0.2, 0.25) is 0 Å². The summed E-state index contributed by atoms with van der Waals surface area (Å²) in [5.41, 5.74) is 0. The number of hydrogen-bond acceptors (Lipinski definition) is 3. The molecule has 0 aromatic carbocycles. The van der Waals surface area contributed by atoms with Gasteiger partial charge >= 0.3 is 0 Å². The number of rotatable bonds is 3. The molecule has 1 rings (SSSR count). The molecule has 0 amide bonds. The second-order valence-electron chi connectivity index (χ2n) is 2.60. The van der Waals surface area contributed by atoms with Crippen LogP contribution in [0.2, 0.25) is 0 Å². The Morgan fingerprint density at radius 2 is 2.29 bits per heavy atom. The first-order valence-corrected chi connectivity index (χ1v) is 5.55. The molecule has 0 aliphatic rings. The Balaban J connectivity index is 3.26. The molecular weight excluding hydrogens is 192 g/mol. The zero-order valence-corrected chi connectivity index (χ0v) is 9.34. The molecule has 2 nitrogen and oxygen atoms in total. The predicted octanol–water partition coefficient (Wildman–Crippen LogP) is 1.36.